The van der Waals surface area contributed by atoms with Crippen LogP contribution in [-0.2, 0) is 14.3 Å². The number of nitrogens with one attached hydrogen (secondary N) is 2. The maximum atomic E-state index is 12.2. The van der Waals surface area contributed by atoms with Crippen molar-refractivity contribution in [1.82, 2.24) is 15.5 Å². The van der Waals surface area contributed by atoms with Gasteiger partial charge in [0.2, 0.25) is 11.8 Å². The molecule has 2 atom stereocenters. The highest BCUT2D eigenvalue weighted by Gasteiger charge is 2.37. The van der Waals surface area contributed by atoms with Gasteiger partial charge in [0.25, 0.3) is 0 Å². The van der Waals surface area contributed by atoms with E-state index < -0.39 is 11.6 Å². The van der Waals surface area contributed by atoms with E-state index in [1.54, 1.807) is 11.8 Å². The average Bonchev–Trinajstić information content (AvgIpc) is 2.87. The molecule has 0 radical (unpaired) electrons. The molecule has 2 N–H and O–H groups in total. The molecule has 0 aromatic carbocycles. The Labute approximate surface area is 113 Å². The fraction of sp³-hybridized carbons (Fsp3) is 0.846. The summed E-state index contributed by atoms with van der Waals surface area (Å²) < 4.78 is 5.22. The summed E-state index contributed by atoms with van der Waals surface area (Å²) in [5.41, 5.74) is -0.528. The highest BCUT2D eigenvalue weighted by molar-refractivity contribution is 5.91. The van der Waals surface area contributed by atoms with E-state index in [0.29, 0.717) is 26.3 Å². The van der Waals surface area contributed by atoms with E-state index in [-0.39, 0.29) is 11.8 Å². The third kappa shape index (κ3) is 3.25. The van der Waals surface area contributed by atoms with E-state index in [0.717, 1.165) is 19.4 Å². The van der Waals surface area contributed by atoms with Gasteiger partial charge in [0.15, 0.2) is 0 Å². The van der Waals surface area contributed by atoms with Gasteiger partial charge >= 0.3 is 0 Å². The normalized spacial score (nSPS) is 29.1. The van der Waals surface area contributed by atoms with Crippen LogP contribution in [-0.4, -0.2) is 61.1 Å². The summed E-state index contributed by atoms with van der Waals surface area (Å²) in [5.74, 6) is -0.114. The van der Waals surface area contributed by atoms with Crippen molar-refractivity contribution in [3.63, 3.8) is 0 Å². The van der Waals surface area contributed by atoms with Crippen molar-refractivity contribution < 1.29 is 14.3 Å². The molecule has 2 aliphatic heterocycles. The molecule has 6 nitrogen and oxygen atoms in total. The fourth-order valence-electron chi connectivity index (χ4n) is 2.56. The largest absolute Gasteiger partial charge is 0.378 e. The summed E-state index contributed by atoms with van der Waals surface area (Å²) >= 11 is 0. The SMILES string of the molecule is CC(NC(=O)C1(C)CCCN1)C(=O)N1CCOCC1. The monoisotopic (exact) mass is 269 g/mol. The van der Waals surface area contributed by atoms with E-state index in [2.05, 4.69) is 10.6 Å². The molecule has 0 aliphatic carbocycles. The average molecular weight is 269 g/mol. The van der Waals surface area contributed by atoms with Gasteiger partial charge in [-0.05, 0) is 33.2 Å². The Hall–Kier alpha value is -1.14. The lowest BCUT2D eigenvalue weighted by atomic mass is 9.99. The van der Waals surface area contributed by atoms with Gasteiger partial charge < -0.3 is 20.3 Å². The topological polar surface area (TPSA) is 70.7 Å². The lowest BCUT2D eigenvalue weighted by molar-refractivity contribution is -0.140. The molecule has 2 unspecified atom stereocenters. The highest BCUT2D eigenvalue weighted by Crippen LogP contribution is 2.18. The molecule has 0 aromatic rings. The number of nitrogens with zero attached hydrogens (tertiary/aromatic N) is 1. The number of rotatable bonds is 3. The molecule has 0 saturated carbocycles. The van der Waals surface area contributed by atoms with E-state index in [1.165, 1.54) is 0 Å². The van der Waals surface area contributed by atoms with Gasteiger partial charge in [-0.2, -0.15) is 0 Å². The standard InChI is InChI=1S/C13H23N3O3/c1-10(11(17)16-6-8-19-9-7-16)15-12(18)13(2)4-3-5-14-13/h10,14H,3-9H2,1-2H3,(H,15,18). The van der Waals surface area contributed by atoms with Crippen LogP contribution in [0.1, 0.15) is 26.7 Å². The molecule has 2 saturated heterocycles. The number of morpholine rings is 1. The Morgan fingerprint density at radius 3 is 2.63 bits per heavy atom. The van der Waals surface area contributed by atoms with Crippen LogP contribution >= 0.6 is 0 Å². The van der Waals surface area contributed by atoms with Crippen molar-refractivity contribution in [1.29, 1.82) is 0 Å². The van der Waals surface area contributed by atoms with Crippen LogP contribution in [0, 0.1) is 0 Å². The minimum atomic E-state index is -0.528. The van der Waals surface area contributed by atoms with Crippen molar-refractivity contribution in [3.8, 4) is 0 Å². The molecule has 6 heteroatoms. The molecular formula is C13H23N3O3. The maximum absolute atomic E-state index is 12.2. The first-order valence-electron chi connectivity index (χ1n) is 6.95. The number of hydrogen-bond acceptors (Lipinski definition) is 4. The highest BCUT2D eigenvalue weighted by atomic mass is 16.5. The number of ether oxygens (including phenoxy) is 1. The van der Waals surface area contributed by atoms with Crippen molar-refractivity contribution in [3.05, 3.63) is 0 Å². The van der Waals surface area contributed by atoms with Gasteiger partial charge in [0.05, 0.1) is 18.8 Å². The zero-order valence-corrected chi connectivity index (χ0v) is 11.7. The summed E-state index contributed by atoms with van der Waals surface area (Å²) in [5, 5.41) is 6.03. The minimum absolute atomic E-state index is 0.0294. The molecule has 0 bridgehead atoms. The lowest BCUT2D eigenvalue weighted by Crippen LogP contribution is -2.57. The van der Waals surface area contributed by atoms with Crippen molar-refractivity contribution in [2.24, 2.45) is 0 Å². The summed E-state index contributed by atoms with van der Waals surface area (Å²) in [7, 11) is 0. The predicted molar refractivity (Wildman–Crippen MR) is 70.6 cm³/mol. The van der Waals surface area contributed by atoms with E-state index >= 15 is 0 Å². The predicted octanol–water partition coefficient (Wildman–Crippen LogP) is -0.508. The quantitative estimate of drug-likeness (QED) is 0.724. The minimum Gasteiger partial charge on any atom is -0.378 e. The smallest absolute Gasteiger partial charge is 0.245 e. The van der Waals surface area contributed by atoms with Crippen LogP contribution in [0.5, 0.6) is 0 Å². The maximum Gasteiger partial charge on any atom is 0.245 e. The number of hydrogen-bond donors (Lipinski definition) is 2. The molecule has 2 amide bonds. The molecule has 2 aliphatic rings. The molecule has 2 heterocycles. The number of amides is 2. The van der Waals surface area contributed by atoms with Gasteiger partial charge in [0, 0.05) is 13.1 Å². The Bertz CT molecular complexity index is 347. The molecular weight excluding hydrogens is 246 g/mol. The second-order valence-electron chi connectivity index (χ2n) is 5.50. The summed E-state index contributed by atoms with van der Waals surface area (Å²) in [6.07, 6.45) is 1.81. The first-order valence-corrected chi connectivity index (χ1v) is 6.95. The van der Waals surface area contributed by atoms with E-state index in [9.17, 15) is 9.59 Å². The molecule has 0 aromatic heterocycles. The summed E-state index contributed by atoms with van der Waals surface area (Å²) in [6.45, 7) is 6.85. The fourth-order valence-corrected chi connectivity index (χ4v) is 2.56. The molecule has 2 fully saturated rings. The zero-order valence-electron chi connectivity index (χ0n) is 11.7. The van der Waals surface area contributed by atoms with Crippen molar-refractivity contribution in [2.75, 3.05) is 32.8 Å². The third-order valence-corrected chi connectivity index (χ3v) is 3.91. The third-order valence-electron chi connectivity index (χ3n) is 3.91. The first-order chi connectivity index (χ1) is 9.03. The van der Waals surface area contributed by atoms with Gasteiger partial charge in [-0.25, -0.2) is 0 Å². The molecule has 108 valence electrons. The van der Waals surface area contributed by atoms with Crippen molar-refractivity contribution >= 4 is 11.8 Å². The zero-order chi connectivity index (χ0) is 13.9. The number of carbonyl (C=O) groups excluding carboxylic acids is 2. The Morgan fingerprint density at radius 1 is 1.37 bits per heavy atom. The summed E-state index contributed by atoms with van der Waals surface area (Å²) in [4.78, 5) is 26.1. The van der Waals surface area contributed by atoms with Crippen LogP contribution in [0.25, 0.3) is 0 Å². The van der Waals surface area contributed by atoms with Crippen LogP contribution in [0.4, 0.5) is 0 Å². The Balaban J connectivity index is 1.87. The number of carbonyl (C=O) groups is 2. The van der Waals surface area contributed by atoms with E-state index in [1.807, 2.05) is 6.92 Å². The van der Waals surface area contributed by atoms with Gasteiger partial charge in [0.1, 0.15) is 6.04 Å². The lowest BCUT2D eigenvalue weighted by Gasteiger charge is -2.31. The molecule has 2 rings (SSSR count). The Kier molecular flexibility index (Phi) is 4.42. The van der Waals surface area contributed by atoms with Crippen LogP contribution in [0.15, 0.2) is 0 Å². The van der Waals surface area contributed by atoms with Crippen LogP contribution in [0.3, 0.4) is 0 Å². The van der Waals surface area contributed by atoms with Crippen molar-refractivity contribution in [2.45, 2.75) is 38.3 Å². The summed E-state index contributed by atoms with van der Waals surface area (Å²) in [6, 6.07) is -0.482. The van der Waals surface area contributed by atoms with Gasteiger partial charge in [-0.15, -0.1) is 0 Å². The first kappa shape index (κ1) is 14.3. The molecule has 0 spiro atoms. The second kappa shape index (κ2) is 5.88. The van der Waals surface area contributed by atoms with Crippen LogP contribution < -0.4 is 10.6 Å². The Morgan fingerprint density at radius 2 is 2.05 bits per heavy atom. The second-order valence-corrected chi connectivity index (χ2v) is 5.50. The van der Waals surface area contributed by atoms with E-state index in [4.69, 9.17) is 4.74 Å². The van der Waals surface area contributed by atoms with Gasteiger partial charge in [-0.3, -0.25) is 9.59 Å². The van der Waals surface area contributed by atoms with Crippen LogP contribution in [0.2, 0.25) is 0 Å². The molecule has 19 heavy (non-hydrogen) atoms. The van der Waals surface area contributed by atoms with Gasteiger partial charge in [-0.1, -0.05) is 0 Å².